The van der Waals surface area contributed by atoms with Crippen LogP contribution in [-0.4, -0.2) is 39.4 Å². The number of ether oxygens (including phenoxy) is 1. The lowest BCUT2D eigenvalue weighted by Gasteiger charge is -2.22. The fraction of sp³-hybridized carbons (Fsp3) is 0.207. The van der Waals surface area contributed by atoms with E-state index in [-0.39, 0.29) is 45.8 Å². The van der Waals surface area contributed by atoms with Crippen molar-refractivity contribution in [3.63, 3.8) is 0 Å². The Hall–Kier alpha value is -4.72. The first-order valence-corrected chi connectivity index (χ1v) is 13.8. The average molecular weight is 614 g/mol. The number of nitrogens with one attached hydrogen (secondary N) is 1. The molecule has 0 bridgehead atoms. The molecule has 43 heavy (non-hydrogen) atoms. The zero-order valence-electron chi connectivity index (χ0n) is 22.9. The Morgan fingerprint density at radius 3 is 2.37 bits per heavy atom. The first-order chi connectivity index (χ1) is 20.4. The van der Waals surface area contributed by atoms with E-state index >= 15 is 0 Å². The molecule has 0 spiro atoms. The number of amides is 3. The van der Waals surface area contributed by atoms with Gasteiger partial charge in [-0.3, -0.25) is 9.69 Å². The Bertz CT molecular complexity index is 1720. The van der Waals surface area contributed by atoms with Crippen molar-refractivity contribution < 1.29 is 36.3 Å². The number of aromatic nitrogens is 2. The third-order valence-electron chi connectivity index (χ3n) is 6.23. The van der Waals surface area contributed by atoms with Crippen LogP contribution in [0.1, 0.15) is 30.9 Å². The maximum atomic E-state index is 15.0. The number of benzene rings is 3. The maximum absolute atomic E-state index is 15.0. The highest BCUT2D eigenvalue weighted by Crippen LogP contribution is 2.34. The lowest BCUT2D eigenvalue weighted by Crippen LogP contribution is -2.31. The quantitative estimate of drug-likeness (QED) is 0.224. The Balaban J connectivity index is 1.31. The molecule has 3 amide bonds. The molecule has 5 rings (SSSR count). The first-order valence-electron chi connectivity index (χ1n) is 12.8. The van der Waals surface area contributed by atoms with Crippen molar-refractivity contribution in [2.75, 3.05) is 16.0 Å². The average Bonchev–Trinajstić information content (AvgIpc) is 3.56. The van der Waals surface area contributed by atoms with Crippen LogP contribution < -0.4 is 15.0 Å². The minimum absolute atomic E-state index is 0.00966. The molecule has 1 aromatic heterocycles. The normalized spacial score (nSPS) is 14.6. The molecule has 1 fully saturated rings. The van der Waals surface area contributed by atoms with Crippen LogP contribution in [0.3, 0.4) is 0 Å². The summed E-state index contributed by atoms with van der Waals surface area (Å²) in [6.07, 6.45) is -4.82. The second-order valence-electron chi connectivity index (χ2n) is 9.74. The van der Waals surface area contributed by atoms with E-state index in [0.717, 1.165) is 41.1 Å². The fourth-order valence-electron chi connectivity index (χ4n) is 4.25. The monoisotopic (exact) mass is 613 g/mol. The number of amidine groups is 1. The number of carbonyl (C=O) groups is 2. The molecular formula is C29H23F4N5O4S. The topological polar surface area (TPSA) is 110 Å². The highest BCUT2D eigenvalue weighted by molar-refractivity contribution is 8.15. The van der Waals surface area contributed by atoms with E-state index < -0.39 is 24.0 Å². The van der Waals surface area contributed by atoms with Crippen LogP contribution in [0.5, 0.6) is 5.75 Å². The van der Waals surface area contributed by atoms with E-state index in [1.807, 2.05) is 39.0 Å². The molecule has 222 valence electrons. The van der Waals surface area contributed by atoms with E-state index in [0.29, 0.717) is 11.3 Å². The van der Waals surface area contributed by atoms with Gasteiger partial charge in [-0.15, -0.1) is 23.4 Å². The number of hydrogen-bond donors (Lipinski definition) is 1. The summed E-state index contributed by atoms with van der Waals surface area (Å²) in [5, 5.41) is 10.3. The summed E-state index contributed by atoms with van der Waals surface area (Å²) in [5.74, 6) is -1.29. The van der Waals surface area contributed by atoms with Crippen molar-refractivity contribution in [2.24, 2.45) is 4.99 Å². The van der Waals surface area contributed by atoms with Gasteiger partial charge in [0.2, 0.25) is 17.7 Å². The van der Waals surface area contributed by atoms with Crippen LogP contribution in [0.15, 0.2) is 70.1 Å². The van der Waals surface area contributed by atoms with Crippen LogP contribution in [0.4, 0.5) is 33.7 Å². The number of rotatable bonds is 6. The highest BCUT2D eigenvalue weighted by atomic mass is 32.2. The fourth-order valence-corrected chi connectivity index (χ4v) is 5.11. The van der Waals surface area contributed by atoms with Crippen LogP contribution >= 0.6 is 11.8 Å². The van der Waals surface area contributed by atoms with Gasteiger partial charge >= 0.3 is 12.4 Å². The zero-order chi connectivity index (χ0) is 30.9. The number of nitrogens with zero attached hydrogens (tertiary/aromatic N) is 4. The molecule has 0 aliphatic carbocycles. The number of urea groups is 1. The predicted molar refractivity (Wildman–Crippen MR) is 153 cm³/mol. The van der Waals surface area contributed by atoms with Crippen LogP contribution in [-0.2, 0) is 4.79 Å². The number of thioether (sulfide) groups is 1. The standard InChI is InChI=1S/C29H23F4N5O4S/c1-15(2)20-10-4-16(3)12-23(20)38-24(39)14-43-28(38)35-27(40)34-22-11-7-18(13-21(22)30)26-37-36-25(41-26)17-5-8-19(9-6-17)42-29(31,32)33/h4-13,15H,14H2,1-3H3,(H,34,40)/b35-28-. The van der Waals surface area contributed by atoms with Gasteiger partial charge in [-0.25, -0.2) is 9.18 Å². The Kier molecular flexibility index (Phi) is 8.22. The molecule has 2 heterocycles. The molecule has 1 aliphatic rings. The van der Waals surface area contributed by atoms with Gasteiger partial charge in [0, 0.05) is 11.1 Å². The van der Waals surface area contributed by atoms with Gasteiger partial charge in [0.1, 0.15) is 11.6 Å². The Morgan fingerprint density at radius 2 is 1.72 bits per heavy atom. The van der Waals surface area contributed by atoms with Crippen molar-refractivity contribution >= 4 is 40.2 Å². The van der Waals surface area contributed by atoms with Crippen LogP contribution in [0.2, 0.25) is 0 Å². The number of anilines is 2. The van der Waals surface area contributed by atoms with E-state index in [4.69, 9.17) is 4.42 Å². The number of aryl methyl sites for hydroxylation is 1. The molecule has 1 aliphatic heterocycles. The summed E-state index contributed by atoms with van der Waals surface area (Å²) in [6, 6.07) is 13.5. The van der Waals surface area contributed by atoms with Crippen molar-refractivity contribution in [3.8, 4) is 28.7 Å². The van der Waals surface area contributed by atoms with Crippen molar-refractivity contribution in [1.29, 1.82) is 0 Å². The van der Waals surface area contributed by atoms with E-state index in [2.05, 4.69) is 25.2 Å². The Morgan fingerprint density at radius 1 is 1.05 bits per heavy atom. The van der Waals surface area contributed by atoms with Gasteiger partial charge in [0.15, 0.2) is 5.17 Å². The molecule has 3 aromatic carbocycles. The van der Waals surface area contributed by atoms with E-state index in [1.165, 1.54) is 29.2 Å². The number of carbonyl (C=O) groups excluding carboxylic acids is 2. The zero-order valence-corrected chi connectivity index (χ0v) is 23.7. The molecule has 9 nitrogen and oxygen atoms in total. The molecule has 0 unspecified atom stereocenters. The summed E-state index contributed by atoms with van der Waals surface area (Å²) in [5.41, 5.74) is 2.86. The molecule has 1 N–H and O–H groups in total. The highest BCUT2D eigenvalue weighted by Gasteiger charge is 2.33. The summed E-state index contributed by atoms with van der Waals surface area (Å²) in [7, 11) is 0. The molecule has 0 atom stereocenters. The van der Waals surface area contributed by atoms with Gasteiger partial charge in [-0.05, 0) is 72.5 Å². The summed E-state index contributed by atoms with van der Waals surface area (Å²) >= 11 is 1.11. The lowest BCUT2D eigenvalue weighted by atomic mass is 9.99. The summed E-state index contributed by atoms with van der Waals surface area (Å²) in [6.45, 7) is 5.91. The maximum Gasteiger partial charge on any atom is 0.573 e. The minimum Gasteiger partial charge on any atom is -0.416 e. The van der Waals surface area contributed by atoms with Gasteiger partial charge in [0.25, 0.3) is 0 Å². The van der Waals surface area contributed by atoms with Crippen LogP contribution in [0, 0.1) is 12.7 Å². The SMILES string of the molecule is Cc1ccc(C(C)C)c(N2C(=O)CS/C2=N\C(=O)Nc2ccc(-c3nnc(-c4ccc(OC(F)(F)F)cc4)o3)cc2F)c1. The van der Waals surface area contributed by atoms with Gasteiger partial charge in [-0.1, -0.05) is 37.7 Å². The first kappa shape index (κ1) is 29.8. The predicted octanol–water partition coefficient (Wildman–Crippen LogP) is 7.54. The molecule has 14 heteroatoms. The van der Waals surface area contributed by atoms with E-state index in [1.54, 1.807) is 0 Å². The van der Waals surface area contributed by atoms with Crippen molar-refractivity contribution in [1.82, 2.24) is 10.2 Å². The molecule has 0 radical (unpaired) electrons. The number of aliphatic imine (C=N–C) groups is 1. The molecule has 0 saturated carbocycles. The number of halogens is 4. The van der Waals surface area contributed by atoms with Crippen LogP contribution in [0.25, 0.3) is 22.9 Å². The second kappa shape index (κ2) is 11.9. The minimum atomic E-state index is -4.82. The largest absolute Gasteiger partial charge is 0.573 e. The van der Waals surface area contributed by atoms with E-state index in [9.17, 15) is 27.2 Å². The number of hydrogen-bond acceptors (Lipinski definition) is 7. The smallest absolute Gasteiger partial charge is 0.416 e. The number of alkyl halides is 3. The van der Waals surface area contributed by atoms with Crippen molar-refractivity contribution in [2.45, 2.75) is 33.1 Å². The molecule has 1 saturated heterocycles. The third-order valence-corrected chi connectivity index (χ3v) is 7.15. The summed E-state index contributed by atoms with van der Waals surface area (Å²) < 4.78 is 61.5. The second-order valence-corrected chi connectivity index (χ2v) is 10.7. The molecular weight excluding hydrogens is 590 g/mol. The van der Waals surface area contributed by atoms with Gasteiger partial charge < -0.3 is 14.5 Å². The van der Waals surface area contributed by atoms with Gasteiger partial charge in [0.05, 0.1) is 17.1 Å². The van der Waals surface area contributed by atoms with Gasteiger partial charge in [-0.2, -0.15) is 4.99 Å². The van der Waals surface area contributed by atoms with Crippen molar-refractivity contribution in [3.05, 3.63) is 77.6 Å². The molecule has 4 aromatic rings. The Labute approximate surface area is 247 Å². The third kappa shape index (κ3) is 6.85. The lowest BCUT2D eigenvalue weighted by molar-refractivity contribution is -0.274. The summed E-state index contributed by atoms with van der Waals surface area (Å²) in [4.78, 5) is 31.0.